The van der Waals surface area contributed by atoms with Gasteiger partial charge in [0.1, 0.15) is 5.78 Å². The van der Waals surface area contributed by atoms with Gasteiger partial charge in [0.05, 0.1) is 0 Å². The lowest BCUT2D eigenvalue weighted by atomic mass is 9.88. The van der Waals surface area contributed by atoms with Crippen molar-refractivity contribution in [2.75, 3.05) is 19.6 Å². The van der Waals surface area contributed by atoms with Crippen molar-refractivity contribution in [2.45, 2.75) is 52.9 Å². The highest BCUT2D eigenvalue weighted by Crippen LogP contribution is 2.38. The molecular weight excluding hydrogens is 210 g/mol. The van der Waals surface area contributed by atoms with Gasteiger partial charge in [0.25, 0.3) is 0 Å². The molecule has 2 heteroatoms. The van der Waals surface area contributed by atoms with Crippen LogP contribution in [0.2, 0.25) is 0 Å². The first-order valence-electron chi connectivity index (χ1n) is 7.29. The first-order valence-corrected chi connectivity index (χ1v) is 7.29. The molecule has 2 fully saturated rings. The largest absolute Gasteiger partial charge is 0.303 e. The third-order valence-electron chi connectivity index (χ3n) is 4.92. The molecule has 2 rings (SSSR count). The Balaban J connectivity index is 1.81. The molecule has 1 aliphatic heterocycles. The fraction of sp³-hybridized carbons (Fsp3) is 0.933. The molecule has 2 nitrogen and oxygen atoms in total. The summed E-state index contributed by atoms with van der Waals surface area (Å²) in [6, 6.07) is 0. The first-order chi connectivity index (χ1) is 8.03. The molecule has 0 N–H and O–H groups in total. The van der Waals surface area contributed by atoms with Gasteiger partial charge in [0.15, 0.2) is 0 Å². The molecule has 1 unspecified atom stereocenters. The third-order valence-corrected chi connectivity index (χ3v) is 4.92. The van der Waals surface area contributed by atoms with Gasteiger partial charge in [-0.15, -0.1) is 0 Å². The summed E-state index contributed by atoms with van der Waals surface area (Å²) in [5.74, 6) is 1.76. The van der Waals surface area contributed by atoms with E-state index in [2.05, 4.69) is 25.7 Å². The zero-order chi connectivity index (χ0) is 12.5. The molecule has 0 aromatic heterocycles. The van der Waals surface area contributed by atoms with Crippen LogP contribution in [-0.2, 0) is 4.79 Å². The Hall–Kier alpha value is -0.370. The second-order valence-corrected chi connectivity index (χ2v) is 6.64. The Morgan fingerprint density at radius 2 is 1.88 bits per heavy atom. The summed E-state index contributed by atoms with van der Waals surface area (Å²) < 4.78 is 0. The smallest absolute Gasteiger partial charge is 0.142 e. The Morgan fingerprint density at radius 1 is 1.24 bits per heavy atom. The van der Waals surface area contributed by atoms with E-state index < -0.39 is 0 Å². The van der Waals surface area contributed by atoms with E-state index >= 15 is 0 Å². The quantitative estimate of drug-likeness (QED) is 0.751. The number of rotatable bonds is 3. The molecule has 2 aliphatic rings. The van der Waals surface area contributed by atoms with E-state index in [1.165, 1.54) is 32.4 Å². The van der Waals surface area contributed by atoms with Crippen molar-refractivity contribution >= 4 is 5.78 Å². The van der Waals surface area contributed by atoms with Gasteiger partial charge in [-0.1, -0.05) is 27.2 Å². The van der Waals surface area contributed by atoms with Crippen LogP contribution in [0.3, 0.4) is 0 Å². The van der Waals surface area contributed by atoms with Crippen molar-refractivity contribution in [3.8, 4) is 0 Å². The van der Waals surface area contributed by atoms with Crippen LogP contribution >= 0.6 is 0 Å². The third kappa shape index (κ3) is 2.90. The van der Waals surface area contributed by atoms with E-state index in [-0.39, 0.29) is 5.41 Å². The Bertz CT molecular complexity index is 277. The highest BCUT2D eigenvalue weighted by atomic mass is 16.1. The highest BCUT2D eigenvalue weighted by molar-refractivity contribution is 5.88. The van der Waals surface area contributed by atoms with E-state index in [1.807, 2.05) is 0 Å². The summed E-state index contributed by atoms with van der Waals surface area (Å²) in [4.78, 5) is 14.7. The summed E-state index contributed by atoms with van der Waals surface area (Å²) in [5, 5.41) is 0. The maximum absolute atomic E-state index is 12.2. The standard InChI is InChI=1S/C15H27NO/c1-4-12-6-9-16(10-7-12)11-13-5-8-15(2,3)14(13)17/h12-13H,4-11H2,1-3H3. The van der Waals surface area contributed by atoms with E-state index in [9.17, 15) is 4.79 Å². The van der Waals surface area contributed by atoms with E-state index in [4.69, 9.17) is 0 Å². The molecule has 0 amide bonds. The summed E-state index contributed by atoms with van der Waals surface area (Å²) in [6.07, 6.45) is 6.19. The van der Waals surface area contributed by atoms with Gasteiger partial charge >= 0.3 is 0 Å². The van der Waals surface area contributed by atoms with Gasteiger partial charge < -0.3 is 4.90 Å². The summed E-state index contributed by atoms with van der Waals surface area (Å²) >= 11 is 0. The van der Waals surface area contributed by atoms with Gasteiger partial charge in [-0.05, 0) is 44.7 Å². The summed E-state index contributed by atoms with van der Waals surface area (Å²) in [6.45, 7) is 9.96. The number of likely N-dealkylation sites (tertiary alicyclic amines) is 1. The maximum atomic E-state index is 12.2. The molecule has 98 valence electrons. The minimum atomic E-state index is -0.0492. The van der Waals surface area contributed by atoms with E-state index in [1.54, 1.807) is 0 Å². The fourth-order valence-electron chi connectivity index (χ4n) is 3.41. The molecule has 0 spiro atoms. The number of nitrogens with zero attached hydrogens (tertiary/aromatic N) is 1. The van der Waals surface area contributed by atoms with Crippen molar-refractivity contribution in [3.05, 3.63) is 0 Å². The number of carbonyl (C=O) groups excluding carboxylic acids is 1. The van der Waals surface area contributed by atoms with E-state index in [0.29, 0.717) is 11.7 Å². The van der Waals surface area contributed by atoms with Gasteiger partial charge in [-0.3, -0.25) is 4.79 Å². The monoisotopic (exact) mass is 237 g/mol. The first kappa shape index (κ1) is 13.1. The molecular formula is C15H27NO. The average Bonchev–Trinajstić information content (AvgIpc) is 2.57. The van der Waals surface area contributed by atoms with Gasteiger partial charge in [0, 0.05) is 17.9 Å². The maximum Gasteiger partial charge on any atom is 0.142 e. The normalized spacial score (nSPS) is 31.0. The van der Waals surface area contributed by atoms with Crippen molar-refractivity contribution in [1.29, 1.82) is 0 Å². The fourth-order valence-corrected chi connectivity index (χ4v) is 3.41. The van der Waals surface area contributed by atoms with Gasteiger partial charge in [-0.25, -0.2) is 0 Å². The van der Waals surface area contributed by atoms with Crippen molar-refractivity contribution in [2.24, 2.45) is 17.3 Å². The number of carbonyl (C=O) groups is 1. The Kier molecular flexibility index (Phi) is 3.92. The predicted octanol–water partition coefficient (Wildman–Crippen LogP) is 3.11. The lowest BCUT2D eigenvalue weighted by molar-refractivity contribution is -0.128. The molecule has 1 saturated heterocycles. The van der Waals surface area contributed by atoms with Crippen LogP contribution in [0.4, 0.5) is 0 Å². The number of hydrogen-bond acceptors (Lipinski definition) is 2. The second-order valence-electron chi connectivity index (χ2n) is 6.64. The van der Waals surface area contributed by atoms with Crippen LogP contribution < -0.4 is 0 Å². The predicted molar refractivity (Wildman–Crippen MR) is 71.0 cm³/mol. The molecule has 0 bridgehead atoms. The topological polar surface area (TPSA) is 20.3 Å². The number of ketones is 1. The molecule has 0 aromatic rings. The van der Waals surface area contributed by atoms with Crippen LogP contribution in [0.25, 0.3) is 0 Å². The SMILES string of the molecule is CCC1CCN(CC2CCC(C)(C)C2=O)CC1. The molecule has 0 radical (unpaired) electrons. The van der Waals surface area contributed by atoms with Crippen LogP contribution in [0, 0.1) is 17.3 Å². The average molecular weight is 237 g/mol. The van der Waals surface area contributed by atoms with Crippen molar-refractivity contribution in [3.63, 3.8) is 0 Å². The molecule has 0 aromatic carbocycles. The molecule has 1 aliphatic carbocycles. The van der Waals surface area contributed by atoms with Crippen molar-refractivity contribution < 1.29 is 4.79 Å². The zero-order valence-corrected chi connectivity index (χ0v) is 11.7. The Labute approximate surface area is 106 Å². The minimum absolute atomic E-state index is 0.0492. The zero-order valence-electron chi connectivity index (χ0n) is 11.7. The number of Topliss-reactive ketones (excluding diaryl/α,β-unsaturated/α-hetero) is 1. The molecule has 1 atom stereocenters. The Morgan fingerprint density at radius 3 is 2.35 bits per heavy atom. The minimum Gasteiger partial charge on any atom is -0.303 e. The van der Waals surface area contributed by atoms with Crippen molar-refractivity contribution in [1.82, 2.24) is 4.90 Å². The summed E-state index contributed by atoms with van der Waals surface area (Å²) in [5.41, 5.74) is -0.0492. The highest BCUT2D eigenvalue weighted by Gasteiger charge is 2.40. The van der Waals surface area contributed by atoms with Crippen LogP contribution in [0.15, 0.2) is 0 Å². The number of hydrogen-bond donors (Lipinski definition) is 0. The van der Waals surface area contributed by atoms with Gasteiger partial charge in [-0.2, -0.15) is 0 Å². The molecule has 17 heavy (non-hydrogen) atoms. The lowest BCUT2D eigenvalue weighted by Crippen LogP contribution is -2.39. The number of piperidine rings is 1. The van der Waals surface area contributed by atoms with Crippen LogP contribution in [0.5, 0.6) is 0 Å². The molecule has 1 heterocycles. The second kappa shape index (κ2) is 5.09. The van der Waals surface area contributed by atoms with E-state index in [0.717, 1.165) is 25.3 Å². The molecule has 1 saturated carbocycles. The lowest BCUT2D eigenvalue weighted by Gasteiger charge is -2.33. The van der Waals surface area contributed by atoms with Crippen LogP contribution in [-0.4, -0.2) is 30.3 Å². The van der Waals surface area contributed by atoms with Crippen LogP contribution in [0.1, 0.15) is 52.9 Å². The summed E-state index contributed by atoms with van der Waals surface area (Å²) in [7, 11) is 0. The van der Waals surface area contributed by atoms with Gasteiger partial charge in [0.2, 0.25) is 0 Å².